The smallest absolute Gasteiger partial charge is 0.164 e. The van der Waals surface area contributed by atoms with Crippen LogP contribution in [0.25, 0.3) is 169 Å². The Balaban J connectivity index is 0.596. The van der Waals surface area contributed by atoms with E-state index in [-0.39, 0.29) is 0 Å². The highest BCUT2D eigenvalue weighted by Gasteiger charge is 2.54. The predicted molar refractivity (Wildman–Crippen MR) is 492 cm³/mol. The number of pyridine rings is 3. The largest absolute Gasteiger partial charge is 0.457 e. The van der Waals surface area contributed by atoms with Gasteiger partial charge in [0.05, 0.1) is 22.2 Å². The number of benzene rings is 15. The highest BCUT2D eigenvalue weighted by molar-refractivity contribution is 5.98. The van der Waals surface area contributed by atoms with Crippen LogP contribution in [-0.4, -0.2) is 44.9 Å². The lowest BCUT2D eigenvalue weighted by Gasteiger charge is -2.39. The molecule has 11 nitrogen and oxygen atoms in total. The van der Waals surface area contributed by atoms with Crippen LogP contribution in [0.1, 0.15) is 44.5 Å². The van der Waals surface area contributed by atoms with Crippen LogP contribution in [0.4, 0.5) is 0 Å². The molecule has 24 rings (SSSR count). The Kier molecular flexibility index (Phi) is 16.8. The molecule has 11 heteroatoms. The molecular formula is C113H69N9O2. The van der Waals surface area contributed by atoms with Crippen molar-refractivity contribution >= 4 is 0 Å². The summed E-state index contributed by atoms with van der Waals surface area (Å²) in [6.07, 6.45) is 7.49. The Morgan fingerprint density at radius 3 is 0.968 bits per heavy atom. The summed E-state index contributed by atoms with van der Waals surface area (Å²) in [5.41, 5.74) is 31.0. The highest BCUT2D eigenvalue weighted by atomic mass is 16.5. The fourth-order valence-electron chi connectivity index (χ4n) is 19.4. The molecule has 4 aliphatic rings. The molecule has 0 saturated carbocycles. The minimum Gasteiger partial charge on any atom is -0.457 e. The van der Waals surface area contributed by atoms with Crippen molar-refractivity contribution in [3.05, 3.63) is 464 Å². The Labute approximate surface area is 715 Å². The van der Waals surface area contributed by atoms with Gasteiger partial charge in [0.1, 0.15) is 23.0 Å². The normalized spacial score (nSPS) is 12.9. The average molecular weight is 1580 g/mol. The van der Waals surface area contributed by atoms with Crippen LogP contribution < -0.4 is 9.47 Å². The lowest BCUT2D eigenvalue weighted by molar-refractivity contribution is 0.436. The minimum atomic E-state index is -0.695. The van der Waals surface area contributed by atoms with Crippen molar-refractivity contribution in [2.24, 2.45) is 0 Å². The van der Waals surface area contributed by atoms with Crippen molar-refractivity contribution in [3.8, 4) is 192 Å². The molecule has 0 bridgehead atoms. The van der Waals surface area contributed by atoms with Gasteiger partial charge in [-0.05, 0) is 174 Å². The van der Waals surface area contributed by atoms with E-state index in [9.17, 15) is 0 Å². The van der Waals surface area contributed by atoms with Gasteiger partial charge in [-0.15, -0.1) is 0 Å². The fourth-order valence-corrected chi connectivity index (χ4v) is 19.4. The first-order chi connectivity index (χ1) is 61.4. The number of para-hydroxylation sites is 4. The Bertz CT molecular complexity index is 7580. The Morgan fingerprint density at radius 2 is 0.508 bits per heavy atom. The second-order valence-electron chi connectivity index (χ2n) is 31.8. The second kappa shape index (κ2) is 29.1. The quantitative estimate of drug-likeness (QED) is 0.109. The zero-order chi connectivity index (χ0) is 81.8. The third-order valence-electron chi connectivity index (χ3n) is 24.9. The predicted octanol–water partition coefficient (Wildman–Crippen LogP) is 26.9. The second-order valence-corrected chi connectivity index (χ2v) is 31.8. The van der Waals surface area contributed by atoms with Gasteiger partial charge in [0.25, 0.3) is 0 Å². The Hall–Kier alpha value is -16.6. The van der Waals surface area contributed by atoms with E-state index in [0.717, 1.165) is 190 Å². The lowest BCUT2D eigenvalue weighted by atomic mass is 9.66. The SMILES string of the molecule is c1ccc(-c2nc(-c3cc(-c4ccc(-c5ccccn5)cc4)cc(-c4ccc(-c5ccc(-c6cccc(-c7nc(-c8cccc(-c9cccc(-c%10cccnc%10)c9)c8)nc(-c8cccc9c8-c8ccccc8C98c9ccccc9Oc9ccccc98)n7)c6)cn5)cc4)c3)nc(-c3cccc4c3-c3ccccc3C43c4ccccc4Oc4ccccc43)n2)cc1. The number of fused-ring (bicyclic) bond motifs is 18. The molecule has 7 heterocycles. The van der Waals surface area contributed by atoms with Crippen LogP contribution in [0, 0.1) is 0 Å². The first kappa shape index (κ1) is 71.5. The van der Waals surface area contributed by atoms with Crippen LogP contribution in [0.5, 0.6) is 23.0 Å². The summed E-state index contributed by atoms with van der Waals surface area (Å²) in [5.74, 6) is 6.61. The van der Waals surface area contributed by atoms with E-state index in [4.69, 9.17) is 44.4 Å². The first-order valence-electron chi connectivity index (χ1n) is 41.7. The maximum Gasteiger partial charge on any atom is 0.164 e. The van der Waals surface area contributed by atoms with Gasteiger partial charge in [-0.25, -0.2) is 29.9 Å². The van der Waals surface area contributed by atoms with E-state index in [1.54, 1.807) is 6.20 Å². The van der Waals surface area contributed by atoms with Gasteiger partial charge in [0.2, 0.25) is 0 Å². The Morgan fingerprint density at radius 1 is 0.177 bits per heavy atom. The zero-order valence-electron chi connectivity index (χ0n) is 66.7. The number of hydrogen-bond donors (Lipinski definition) is 0. The number of aromatic nitrogens is 9. The van der Waals surface area contributed by atoms with Gasteiger partial charge >= 0.3 is 0 Å². The van der Waals surface area contributed by atoms with E-state index in [1.165, 1.54) is 11.1 Å². The fraction of sp³-hybridized carbons (Fsp3) is 0.0177. The zero-order valence-corrected chi connectivity index (χ0v) is 66.7. The monoisotopic (exact) mass is 1580 g/mol. The summed E-state index contributed by atoms with van der Waals surface area (Å²) >= 11 is 0. The molecule has 2 spiro atoms. The molecule has 5 aromatic heterocycles. The molecule has 0 unspecified atom stereocenters. The molecule has 0 N–H and O–H groups in total. The lowest BCUT2D eigenvalue weighted by Crippen LogP contribution is -2.32. The minimum absolute atomic E-state index is 0.534. The number of nitrogens with zero attached hydrogens (tertiary/aromatic N) is 9. The molecular weight excluding hydrogens is 1520 g/mol. The van der Waals surface area contributed by atoms with Crippen molar-refractivity contribution in [1.29, 1.82) is 0 Å². The van der Waals surface area contributed by atoms with Gasteiger partial charge in [-0.1, -0.05) is 309 Å². The molecule has 0 radical (unpaired) electrons. The van der Waals surface area contributed by atoms with E-state index in [0.29, 0.717) is 34.9 Å². The van der Waals surface area contributed by atoms with Crippen LogP contribution in [0.15, 0.2) is 419 Å². The molecule has 2 aliphatic carbocycles. The van der Waals surface area contributed by atoms with Gasteiger partial charge in [0, 0.05) is 103 Å². The standard InChI is InChI=1S/C113H69N9O2/c1-2-24-74(25-3-1)106-117-109(122-110(119-106)88-35-21-43-96-104(88)86-33-4-6-37-90(86)112(96)92-39-8-12-46-100(92)123-101-47-13-9-40-93(101)112)85-66-83(70-50-54-72(55-51-70)98-45-16-17-61-115-98)65-84(67-85)71-52-56-73(57-53-71)99-59-58-82(69-116-99)78-29-20-31-80(64-78)108-118-107(79-30-19-27-76(63-79)75-26-18-28-77(62-75)81-32-23-60-114-68-81)120-111(121-108)89-36-22-44-97-105(89)87-34-5-7-38-91(87)113(97)94-41-10-14-48-102(94)124-103-49-15-11-42-95(103)113/h1-69H. The van der Waals surface area contributed by atoms with Crippen LogP contribution in [-0.2, 0) is 10.8 Å². The van der Waals surface area contributed by atoms with Crippen molar-refractivity contribution in [3.63, 3.8) is 0 Å². The summed E-state index contributed by atoms with van der Waals surface area (Å²) in [4.78, 5) is 47.4. The molecule has 0 fully saturated rings. The summed E-state index contributed by atoms with van der Waals surface area (Å²) in [7, 11) is 0. The molecule has 20 aromatic rings. The van der Waals surface area contributed by atoms with E-state index < -0.39 is 10.8 Å². The third-order valence-corrected chi connectivity index (χ3v) is 24.9. The molecule has 0 saturated heterocycles. The summed E-state index contributed by atoms with van der Waals surface area (Å²) < 4.78 is 13.5. The van der Waals surface area contributed by atoms with Gasteiger partial charge in [-0.3, -0.25) is 15.0 Å². The van der Waals surface area contributed by atoms with Gasteiger partial charge < -0.3 is 9.47 Å². The number of ether oxygens (including phenoxy) is 2. The van der Waals surface area contributed by atoms with Crippen LogP contribution >= 0.6 is 0 Å². The van der Waals surface area contributed by atoms with E-state index in [1.807, 2.05) is 85.3 Å². The maximum atomic E-state index is 6.74. The number of rotatable bonds is 13. The van der Waals surface area contributed by atoms with Crippen LogP contribution in [0.2, 0.25) is 0 Å². The first-order valence-corrected chi connectivity index (χ1v) is 41.7. The van der Waals surface area contributed by atoms with Crippen LogP contribution in [0.3, 0.4) is 0 Å². The topological polar surface area (TPSA) is 134 Å². The molecule has 15 aromatic carbocycles. The van der Waals surface area contributed by atoms with Gasteiger partial charge in [-0.2, -0.15) is 0 Å². The van der Waals surface area contributed by atoms with Gasteiger partial charge in [0.15, 0.2) is 34.9 Å². The third kappa shape index (κ3) is 11.7. The van der Waals surface area contributed by atoms with Crippen molar-refractivity contribution < 1.29 is 9.47 Å². The molecule has 0 amide bonds. The molecule has 578 valence electrons. The molecule has 0 atom stereocenters. The van der Waals surface area contributed by atoms with Crippen molar-refractivity contribution in [1.82, 2.24) is 44.9 Å². The van der Waals surface area contributed by atoms with Crippen molar-refractivity contribution in [2.75, 3.05) is 0 Å². The number of hydrogen-bond acceptors (Lipinski definition) is 11. The molecule has 124 heavy (non-hydrogen) atoms. The average Bonchev–Trinajstić information content (AvgIpc) is 1.51. The summed E-state index contributed by atoms with van der Waals surface area (Å²) in [6, 6.07) is 139. The summed E-state index contributed by atoms with van der Waals surface area (Å²) in [5, 5.41) is 0. The van der Waals surface area contributed by atoms with E-state index in [2.05, 4.69) is 338 Å². The maximum absolute atomic E-state index is 6.74. The van der Waals surface area contributed by atoms with E-state index >= 15 is 0 Å². The molecule has 2 aliphatic heterocycles. The van der Waals surface area contributed by atoms with Crippen molar-refractivity contribution in [2.45, 2.75) is 10.8 Å². The highest BCUT2D eigenvalue weighted by Crippen LogP contribution is 2.65. The summed E-state index contributed by atoms with van der Waals surface area (Å²) in [6.45, 7) is 0.